The second-order valence-electron chi connectivity index (χ2n) is 24.9. The largest absolute Gasteiger partial charge is 0.479 e. The molecule has 23 heteroatoms. The molecule has 0 spiro atoms. The Morgan fingerprint density at radius 3 is 1.79 bits per heavy atom. The number of carbonyl (C=O) groups is 2. The molecule has 0 bridgehead atoms. The highest BCUT2D eigenvalue weighted by Crippen LogP contribution is 2.76. The van der Waals surface area contributed by atoms with Crippen molar-refractivity contribution in [1.82, 2.24) is 0 Å². The second kappa shape index (κ2) is 21.5. The fraction of sp³-hybridized carbons (Fsp3) is 0.887. The SMILES string of the molecule is C/C=C(\C)C(=O)O[C@H]1[C@H](O)C(C)(C)C[C@H]2C3=CC[C@@H]4[C@@]5(C)CC[C@H](O[C@@H]6O[C@H](C(=O)O)[C@H](O[C@@H]7O[C@H](CO)[C@@H](O)[C@H](O)[C@H]7O)[C@H](O)[C@H]6O[C@@H]6O[C@H](CO)[C@@H](O)[C@H](O)[C@H]6O)[C@](C)(CO)[C@@H]5CC[C@@]4(C)[C@]3(C)C[C@@H](O)[C@]21CO. The van der Waals surface area contributed by atoms with E-state index >= 15 is 0 Å². The van der Waals surface area contributed by atoms with Gasteiger partial charge in [-0.05, 0) is 98.2 Å². The number of esters is 1. The van der Waals surface area contributed by atoms with E-state index in [0.717, 1.165) is 5.57 Å². The number of aliphatic hydroxyl groups excluding tert-OH is 13. The van der Waals surface area contributed by atoms with Gasteiger partial charge in [0.15, 0.2) is 25.0 Å². The second-order valence-corrected chi connectivity index (χ2v) is 24.9. The minimum atomic E-state index is -2.17. The van der Waals surface area contributed by atoms with Crippen molar-refractivity contribution in [3.8, 4) is 0 Å². The van der Waals surface area contributed by atoms with Crippen LogP contribution in [0, 0.1) is 50.2 Å². The van der Waals surface area contributed by atoms with Crippen molar-refractivity contribution in [1.29, 1.82) is 0 Å². The molecule has 3 aliphatic heterocycles. The molecule has 0 aromatic carbocycles. The fourth-order valence-corrected chi connectivity index (χ4v) is 15.9. The molecule has 8 aliphatic rings. The third-order valence-corrected chi connectivity index (χ3v) is 20.8. The molecule has 76 heavy (non-hydrogen) atoms. The Balaban J connectivity index is 1.11. The van der Waals surface area contributed by atoms with Crippen LogP contribution in [0.4, 0.5) is 0 Å². The average molecular weight is 1090 g/mol. The number of hydrogen-bond acceptors (Lipinski definition) is 22. The Labute approximate surface area is 442 Å². The topological polar surface area (TPSA) is 382 Å². The number of carboxylic acid groups (broad SMARTS) is 1. The molecule has 3 saturated heterocycles. The van der Waals surface area contributed by atoms with Crippen molar-refractivity contribution >= 4 is 11.9 Å². The maximum absolute atomic E-state index is 13.4. The Morgan fingerprint density at radius 2 is 1.26 bits per heavy atom. The number of aliphatic carboxylic acids is 1. The first-order valence-electron chi connectivity index (χ1n) is 26.8. The predicted molar refractivity (Wildman–Crippen MR) is 259 cm³/mol. The maximum atomic E-state index is 13.4. The van der Waals surface area contributed by atoms with Gasteiger partial charge in [0, 0.05) is 11.0 Å². The van der Waals surface area contributed by atoms with Gasteiger partial charge in [-0.25, -0.2) is 9.59 Å². The molecule has 8 rings (SSSR count). The zero-order valence-electron chi connectivity index (χ0n) is 44.6. The Hall–Kier alpha value is -2.34. The standard InChI is InChI=1S/C53H84O23/c1-9-22(2)44(69)76-42-41(66)48(3,4)16-24-23-10-11-28-49(5)14-13-30(50(6,20-56)27(49)12-15-51(28,7)52(23,8)17-29(58)53(24,42)21-57)72-47-39(74-46-36(64)34(62)32(60)26(19-55)71-46)37(65)38(40(75-47)43(67)68)73-45-35(63)33(61)31(59)25(18-54)70-45/h9-10,24-42,45-47,54-66H,11-21H2,1-8H3,(H,67,68)/b22-9+/t24-,25+,26+,27+,28+,29+,30-,31+,32+,33-,34-,35+,36+,37-,38+,39+,40-,41-,42-,45-,46-,47+,49-,50+,51+,52+,53-/m0/s1. The first-order chi connectivity index (χ1) is 35.5. The quantitative estimate of drug-likeness (QED) is 0.0415. The van der Waals surface area contributed by atoms with Gasteiger partial charge in [-0.3, -0.25) is 0 Å². The molecule has 0 amide bonds. The molecular formula is C53H84O23. The molecule has 0 aromatic heterocycles. The first kappa shape index (κ1) is 59.8. The van der Waals surface area contributed by atoms with Crippen molar-refractivity contribution in [2.75, 3.05) is 26.4 Å². The number of fused-ring (bicyclic) bond motifs is 7. The van der Waals surface area contributed by atoms with Gasteiger partial charge in [0.25, 0.3) is 0 Å². The van der Waals surface area contributed by atoms with Gasteiger partial charge < -0.3 is 105 Å². The van der Waals surface area contributed by atoms with Gasteiger partial charge in [-0.1, -0.05) is 59.3 Å². The lowest BCUT2D eigenvalue weighted by atomic mass is 9.33. The minimum Gasteiger partial charge on any atom is -0.479 e. The van der Waals surface area contributed by atoms with E-state index in [-0.39, 0.29) is 24.7 Å². The molecule has 4 saturated carbocycles. The molecule has 434 valence electrons. The average Bonchev–Trinajstić information content (AvgIpc) is 3.41. The summed E-state index contributed by atoms with van der Waals surface area (Å²) in [6, 6.07) is 0. The van der Waals surface area contributed by atoms with Crippen LogP contribution >= 0.6 is 0 Å². The van der Waals surface area contributed by atoms with Crippen LogP contribution in [0.1, 0.15) is 100 Å². The number of ether oxygens (including phenoxy) is 7. The van der Waals surface area contributed by atoms with E-state index in [1.807, 2.05) is 20.8 Å². The van der Waals surface area contributed by atoms with Crippen LogP contribution in [0.15, 0.2) is 23.3 Å². The van der Waals surface area contributed by atoms with Gasteiger partial charge in [-0.15, -0.1) is 0 Å². The van der Waals surface area contributed by atoms with E-state index < -0.39 is 193 Å². The van der Waals surface area contributed by atoms with Gasteiger partial charge in [0.2, 0.25) is 0 Å². The van der Waals surface area contributed by atoms with Crippen LogP contribution in [0.25, 0.3) is 0 Å². The smallest absolute Gasteiger partial charge is 0.335 e. The van der Waals surface area contributed by atoms with E-state index in [2.05, 4.69) is 26.8 Å². The van der Waals surface area contributed by atoms with Crippen molar-refractivity contribution in [2.24, 2.45) is 50.2 Å². The normalized spacial score (nSPS) is 52.3. The number of aliphatic hydroxyl groups is 13. The molecular weight excluding hydrogens is 1000 g/mol. The highest BCUT2D eigenvalue weighted by atomic mass is 16.8. The zero-order valence-corrected chi connectivity index (χ0v) is 44.6. The summed E-state index contributed by atoms with van der Waals surface area (Å²) in [5.41, 5.74) is -3.64. The Kier molecular flexibility index (Phi) is 16.9. The summed E-state index contributed by atoms with van der Waals surface area (Å²) in [6.45, 7) is 12.9. The molecule has 23 nitrogen and oxygen atoms in total. The summed E-state index contributed by atoms with van der Waals surface area (Å²) in [5, 5.41) is 154. The van der Waals surface area contributed by atoms with Crippen LogP contribution in [0.2, 0.25) is 0 Å². The predicted octanol–water partition coefficient (Wildman–Crippen LogP) is -1.89. The van der Waals surface area contributed by atoms with E-state index in [1.165, 1.54) is 0 Å². The fourth-order valence-electron chi connectivity index (χ4n) is 15.9. The maximum Gasteiger partial charge on any atom is 0.335 e. The summed E-state index contributed by atoms with van der Waals surface area (Å²) in [4.78, 5) is 26.5. The minimum absolute atomic E-state index is 0.0620. The summed E-state index contributed by atoms with van der Waals surface area (Å²) in [7, 11) is 0. The number of rotatable bonds is 13. The lowest BCUT2D eigenvalue weighted by Gasteiger charge is -2.72. The van der Waals surface area contributed by atoms with Crippen molar-refractivity contribution in [3.05, 3.63) is 23.3 Å². The number of carboxylic acids is 1. The molecule has 5 aliphatic carbocycles. The molecule has 0 unspecified atom stereocenters. The molecule has 14 N–H and O–H groups in total. The van der Waals surface area contributed by atoms with E-state index in [4.69, 9.17) is 33.2 Å². The highest BCUT2D eigenvalue weighted by Gasteiger charge is 2.74. The van der Waals surface area contributed by atoms with E-state index in [1.54, 1.807) is 19.9 Å². The zero-order chi connectivity index (χ0) is 56.2. The molecule has 27 atom stereocenters. The van der Waals surface area contributed by atoms with Crippen LogP contribution in [-0.2, 0) is 42.7 Å². The van der Waals surface area contributed by atoms with E-state index in [0.29, 0.717) is 37.7 Å². The Bertz CT molecular complexity index is 2170. The lowest BCUT2D eigenvalue weighted by molar-refractivity contribution is -0.392. The molecule has 0 radical (unpaired) electrons. The first-order valence-corrected chi connectivity index (χ1v) is 26.8. The van der Waals surface area contributed by atoms with Crippen molar-refractivity contribution in [2.45, 2.75) is 217 Å². The molecule has 0 aromatic rings. The van der Waals surface area contributed by atoms with Crippen LogP contribution in [0.5, 0.6) is 0 Å². The molecule has 3 heterocycles. The van der Waals surface area contributed by atoms with Crippen LogP contribution < -0.4 is 0 Å². The Morgan fingerprint density at radius 1 is 0.684 bits per heavy atom. The lowest BCUT2D eigenvalue weighted by Crippen LogP contribution is -2.72. The van der Waals surface area contributed by atoms with Crippen LogP contribution in [-0.4, -0.2) is 226 Å². The van der Waals surface area contributed by atoms with Gasteiger partial charge >= 0.3 is 11.9 Å². The summed E-state index contributed by atoms with van der Waals surface area (Å²) >= 11 is 0. The monoisotopic (exact) mass is 1090 g/mol. The highest BCUT2D eigenvalue weighted by molar-refractivity contribution is 5.87. The third-order valence-electron chi connectivity index (χ3n) is 20.8. The summed E-state index contributed by atoms with van der Waals surface area (Å²) in [5.74, 6) is -3.19. The van der Waals surface area contributed by atoms with Crippen molar-refractivity contribution in [3.63, 3.8) is 0 Å². The van der Waals surface area contributed by atoms with E-state index in [9.17, 15) is 81.1 Å². The van der Waals surface area contributed by atoms with Gasteiger partial charge in [0.1, 0.15) is 73.2 Å². The van der Waals surface area contributed by atoms with Crippen molar-refractivity contribution < 1.29 is 114 Å². The molecule has 7 fully saturated rings. The third kappa shape index (κ3) is 9.16. The summed E-state index contributed by atoms with van der Waals surface area (Å²) < 4.78 is 42.0. The van der Waals surface area contributed by atoms with Crippen LogP contribution in [0.3, 0.4) is 0 Å². The number of hydrogen-bond donors (Lipinski definition) is 14. The number of carbonyl (C=O) groups excluding carboxylic acids is 1. The van der Waals surface area contributed by atoms with Gasteiger partial charge in [0.05, 0.1) is 50.2 Å². The summed E-state index contributed by atoms with van der Waals surface area (Å²) in [6.07, 6.45) is -26.4. The number of allylic oxidation sites excluding steroid dienone is 3. The van der Waals surface area contributed by atoms with Gasteiger partial charge in [-0.2, -0.15) is 0 Å².